The van der Waals surface area contributed by atoms with E-state index >= 15 is 0 Å². The van der Waals surface area contributed by atoms with E-state index in [0.29, 0.717) is 13.0 Å². The fraction of sp³-hybridized carbons (Fsp3) is 0.292. The Balaban J connectivity index is 1.72. The first-order valence-electron chi connectivity index (χ1n) is 10.0. The van der Waals surface area contributed by atoms with Crippen LogP contribution in [0, 0.1) is 0 Å². The van der Waals surface area contributed by atoms with Crippen LogP contribution in [0.1, 0.15) is 35.6 Å². The quantitative estimate of drug-likeness (QED) is 0.727. The molecular formula is C24H25N3O2. The molecule has 5 rings (SSSR count). The molecule has 0 spiro atoms. The number of amides is 1. The summed E-state index contributed by atoms with van der Waals surface area (Å²) in [6.07, 6.45) is 3.57. The van der Waals surface area contributed by atoms with Crippen molar-refractivity contribution in [1.29, 1.82) is 0 Å². The number of allylic oxidation sites excluding steroid dienone is 1. The molecule has 1 unspecified atom stereocenters. The zero-order chi connectivity index (χ0) is 20.1. The number of anilines is 1. The van der Waals surface area contributed by atoms with Crippen molar-refractivity contribution in [2.24, 2.45) is 0 Å². The van der Waals surface area contributed by atoms with E-state index in [0.717, 1.165) is 29.1 Å². The number of fused-ring (bicyclic) bond motifs is 5. The van der Waals surface area contributed by atoms with Gasteiger partial charge in [-0.05, 0) is 47.9 Å². The first kappa shape index (κ1) is 17.9. The monoisotopic (exact) mass is 387 g/mol. The topological polar surface area (TPSA) is 48.6 Å². The Morgan fingerprint density at radius 3 is 2.66 bits per heavy atom. The highest BCUT2D eigenvalue weighted by molar-refractivity contribution is 5.97. The maximum atomic E-state index is 12.7. The molecule has 0 aliphatic carbocycles. The van der Waals surface area contributed by atoms with Gasteiger partial charge in [0.2, 0.25) is 5.91 Å². The fourth-order valence-electron chi connectivity index (χ4n) is 4.58. The minimum atomic E-state index is 0.112. The van der Waals surface area contributed by atoms with Gasteiger partial charge in [-0.3, -0.25) is 4.79 Å². The zero-order valence-electron chi connectivity index (χ0n) is 17.0. The number of nitrogens with one attached hydrogen (secondary N) is 1. The summed E-state index contributed by atoms with van der Waals surface area (Å²) in [6.45, 7) is 0.670. The highest BCUT2D eigenvalue weighted by Gasteiger charge is 2.37. The molecule has 1 aromatic heterocycles. The molecule has 3 heterocycles. The summed E-state index contributed by atoms with van der Waals surface area (Å²) in [6, 6.07) is 14.8. The molecule has 2 aliphatic rings. The van der Waals surface area contributed by atoms with Crippen LogP contribution in [0.5, 0.6) is 5.75 Å². The summed E-state index contributed by atoms with van der Waals surface area (Å²) in [5.41, 5.74) is 6.81. The molecule has 2 aromatic carbocycles. The predicted octanol–water partition coefficient (Wildman–Crippen LogP) is 4.35. The molecule has 0 saturated heterocycles. The molecule has 0 fully saturated rings. The number of hydrogen-bond donors (Lipinski definition) is 1. The standard InChI is InChI=1S/C24H25N3O2/c1-26(2)16-9-7-15(8-10-16)19-14-27-21(5-4-6-22(27)28)24-23(19)18-13-17(29-3)11-12-20(18)25-24/h5,7-13,19,25H,4,6,14H2,1-3H3. The van der Waals surface area contributed by atoms with Gasteiger partial charge in [-0.1, -0.05) is 18.2 Å². The predicted molar refractivity (Wildman–Crippen MR) is 116 cm³/mol. The Morgan fingerprint density at radius 2 is 1.93 bits per heavy atom. The van der Waals surface area contributed by atoms with E-state index in [2.05, 4.69) is 52.4 Å². The molecular weight excluding hydrogens is 362 g/mol. The average molecular weight is 387 g/mol. The van der Waals surface area contributed by atoms with Gasteiger partial charge < -0.3 is 19.5 Å². The minimum absolute atomic E-state index is 0.112. The number of carbonyl (C=O) groups excluding carboxylic acids is 1. The van der Waals surface area contributed by atoms with Gasteiger partial charge in [0.15, 0.2) is 0 Å². The van der Waals surface area contributed by atoms with Gasteiger partial charge in [-0.15, -0.1) is 0 Å². The number of aromatic amines is 1. The van der Waals surface area contributed by atoms with Crippen LogP contribution >= 0.6 is 0 Å². The number of hydrogen-bond acceptors (Lipinski definition) is 3. The summed E-state index contributed by atoms with van der Waals surface area (Å²) in [4.78, 5) is 20.4. The van der Waals surface area contributed by atoms with Crippen molar-refractivity contribution in [1.82, 2.24) is 9.88 Å². The molecule has 1 amide bonds. The second-order valence-electron chi connectivity index (χ2n) is 8.00. The van der Waals surface area contributed by atoms with E-state index in [1.54, 1.807) is 7.11 Å². The van der Waals surface area contributed by atoms with Gasteiger partial charge in [0.05, 0.1) is 18.5 Å². The summed E-state index contributed by atoms with van der Waals surface area (Å²) < 4.78 is 5.49. The van der Waals surface area contributed by atoms with Gasteiger partial charge in [-0.25, -0.2) is 0 Å². The van der Waals surface area contributed by atoms with Crippen LogP contribution in [-0.4, -0.2) is 43.5 Å². The Hall–Kier alpha value is -3.21. The SMILES string of the molecule is COc1ccc2[nH]c3c(c2c1)C(c1ccc(N(C)C)cc1)CN1C(=O)CCC=C31. The molecule has 3 aromatic rings. The number of rotatable bonds is 3. The normalized spacial score (nSPS) is 18.3. The second kappa shape index (κ2) is 6.69. The van der Waals surface area contributed by atoms with E-state index in [1.807, 2.05) is 25.1 Å². The van der Waals surface area contributed by atoms with Crippen molar-refractivity contribution < 1.29 is 9.53 Å². The van der Waals surface area contributed by atoms with E-state index < -0.39 is 0 Å². The largest absolute Gasteiger partial charge is 0.497 e. The van der Waals surface area contributed by atoms with Crippen molar-refractivity contribution in [3.63, 3.8) is 0 Å². The highest BCUT2D eigenvalue weighted by Crippen LogP contribution is 2.45. The lowest BCUT2D eigenvalue weighted by molar-refractivity contribution is -0.128. The van der Waals surface area contributed by atoms with Crippen LogP contribution in [0.4, 0.5) is 5.69 Å². The lowest BCUT2D eigenvalue weighted by Crippen LogP contribution is -2.39. The molecule has 2 aliphatic heterocycles. The maximum absolute atomic E-state index is 12.7. The van der Waals surface area contributed by atoms with E-state index in [1.165, 1.54) is 22.2 Å². The smallest absolute Gasteiger partial charge is 0.227 e. The third kappa shape index (κ3) is 2.80. The van der Waals surface area contributed by atoms with E-state index in [4.69, 9.17) is 4.74 Å². The summed E-state index contributed by atoms with van der Waals surface area (Å²) in [7, 11) is 5.79. The second-order valence-corrected chi connectivity index (χ2v) is 8.00. The summed E-state index contributed by atoms with van der Waals surface area (Å²) >= 11 is 0. The van der Waals surface area contributed by atoms with Gasteiger partial charge in [-0.2, -0.15) is 0 Å². The third-order valence-corrected chi connectivity index (χ3v) is 6.12. The maximum Gasteiger partial charge on any atom is 0.227 e. The summed E-state index contributed by atoms with van der Waals surface area (Å²) in [5.74, 6) is 1.16. The Labute approximate surface area is 170 Å². The number of carbonyl (C=O) groups is 1. The van der Waals surface area contributed by atoms with Crippen LogP contribution in [0.2, 0.25) is 0 Å². The molecule has 29 heavy (non-hydrogen) atoms. The minimum Gasteiger partial charge on any atom is -0.497 e. The fourth-order valence-corrected chi connectivity index (χ4v) is 4.58. The highest BCUT2D eigenvalue weighted by atomic mass is 16.5. The van der Waals surface area contributed by atoms with Gasteiger partial charge in [0.25, 0.3) is 0 Å². The Kier molecular flexibility index (Phi) is 4.12. The zero-order valence-corrected chi connectivity index (χ0v) is 17.0. The number of aromatic nitrogens is 1. The number of nitrogens with zero attached hydrogens (tertiary/aromatic N) is 2. The molecule has 0 bridgehead atoms. The van der Waals surface area contributed by atoms with Gasteiger partial charge in [0, 0.05) is 49.6 Å². The Bertz CT molecular complexity index is 1120. The molecule has 0 saturated carbocycles. The van der Waals surface area contributed by atoms with Gasteiger partial charge >= 0.3 is 0 Å². The van der Waals surface area contributed by atoms with Crippen LogP contribution < -0.4 is 9.64 Å². The third-order valence-electron chi connectivity index (χ3n) is 6.12. The molecule has 1 atom stereocenters. The van der Waals surface area contributed by atoms with Crippen molar-refractivity contribution >= 4 is 28.2 Å². The number of H-pyrrole nitrogens is 1. The Morgan fingerprint density at radius 1 is 1.14 bits per heavy atom. The van der Waals surface area contributed by atoms with Crippen molar-refractivity contribution in [2.45, 2.75) is 18.8 Å². The first-order chi connectivity index (χ1) is 14.1. The van der Waals surface area contributed by atoms with Crippen LogP contribution in [0.15, 0.2) is 48.5 Å². The van der Waals surface area contributed by atoms with E-state index in [9.17, 15) is 4.79 Å². The lowest BCUT2D eigenvalue weighted by atomic mass is 9.83. The van der Waals surface area contributed by atoms with Crippen molar-refractivity contribution in [3.8, 4) is 5.75 Å². The van der Waals surface area contributed by atoms with Gasteiger partial charge in [0.1, 0.15) is 5.75 Å². The molecule has 148 valence electrons. The number of ether oxygens (including phenoxy) is 1. The van der Waals surface area contributed by atoms with Crippen molar-refractivity contribution in [2.75, 3.05) is 32.6 Å². The molecule has 5 heteroatoms. The van der Waals surface area contributed by atoms with Crippen LogP contribution in [0.3, 0.4) is 0 Å². The first-order valence-corrected chi connectivity index (χ1v) is 10.0. The van der Waals surface area contributed by atoms with Crippen LogP contribution in [0.25, 0.3) is 16.6 Å². The molecule has 5 nitrogen and oxygen atoms in total. The van der Waals surface area contributed by atoms with Crippen molar-refractivity contribution in [3.05, 3.63) is 65.4 Å². The molecule has 0 radical (unpaired) electrons. The van der Waals surface area contributed by atoms with Crippen LogP contribution in [-0.2, 0) is 4.79 Å². The number of methoxy groups -OCH3 is 1. The average Bonchev–Trinajstić information content (AvgIpc) is 3.12. The summed E-state index contributed by atoms with van der Waals surface area (Å²) in [5, 5.41) is 1.17. The molecule has 1 N–H and O–H groups in total. The van der Waals surface area contributed by atoms with E-state index in [-0.39, 0.29) is 11.8 Å². The lowest BCUT2D eigenvalue weighted by Gasteiger charge is -2.37. The number of benzene rings is 2.